The highest BCUT2D eigenvalue weighted by molar-refractivity contribution is 5.94. The molecule has 1 aliphatic heterocycles. The van der Waals surface area contributed by atoms with Crippen LogP contribution in [0.5, 0.6) is 0 Å². The summed E-state index contributed by atoms with van der Waals surface area (Å²) in [5.41, 5.74) is 6.23. The van der Waals surface area contributed by atoms with Crippen LogP contribution in [0.15, 0.2) is 55.4 Å². The van der Waals surface area contributed by atoms with Crippen LogP contribution in [-0.4, -0.2) is 47.0 Å². The Morgan fingerprint density at radius 3 is 2.61 bits per heavy atom. The van der Waals surface area contributed by atoms with Crippen LogP contribution in [0, 0.1) is 12.8 Å². The smallest absolute Gasteiger partial charge is 0.246 e. The van der Waals surface area contributed by atoms with Gasteiger partial charge in [0.2, 0.25) is 5.91 Å². The van der Waals surface area contributed by atoms with Crippen LogP contribution < -0.4 is 4.90 Å². The maximum Gasteiger partial charge on any atom is 0.246 e. The lowest BCUT2D eigenvalue weighted by atomic mass is 9.92. The summed E-state index contributed by atoms with van der Waals surface area (Å²) in [4.78, 5) is 25.2. The number of hydrogen-bond donors (Lipinski definition) is 0. The third-order valence-electron chi connectivity index (χ3n) is 6.54. The molecular weight excluding hydrogens is 384 g/mol. The van der Waals surface area contributed by atoms with Gasteiger partial charge in [-0.05, 0) is 72.6 Å². The second-order valence-corrected chi connectivity index (χ2v) is 8.70. The molecule has 0 N–H and O–H groups in total. The molecule has 1 aromatic heterocycles. The highest BCUT2D eigenvalue weighted by Crippen LogP contribution is 2.38. The number of amides is 1. The van der Waals surface area contributed by atoms with Crippen molar-refractivity contribution >= 4 is 22.6 Å². The molecular formula is C26H28N4O. The summed E-state index contributed by atoms with van der Waals surface area (Å²) in [6.45, 7) is 8.66. The van der Waals surface area contributed by atoms with Crippen molar-refractivity contribution in [2.75, 3.05) is 31.1 Å². The average Bonchev–Trinajstić information content (AvgIpc) is 3.62. The van der Waals surface area contributed by atoms with E-state index in [9.17, 15) is 4.79 Å². The van der Waals surface area contributed by atoms with Crippen molar-refractivity contribution in [3.8, 4) is 11.1 Å². The van der Waals surface area contributed by atoms with Gasteiger partial charge in [-0.3, -0.25) is 4.79 Å². The van der Waals surface area contributed by atoms with Gasteiger partial charge in [0, 0.05) is 31.6 Å². The Balaban J connectivity index is 1.48. The zero-order valence-corrected chi connectivity index (χ0v) is 18.1. The van der Waals surface area contributed by atoms with E-state index in [-0.39, 0.29) is 5.91 Å². The zero-order valence-electron chi connectivity index (χ0n) is 18.1. The van der Waals surface area contributed by atoms with Crippen molar-refractivity contribution in [2.45, 2.75) is 26.2 Å². The van der Waals surface area contributed by atoms with Crippen molar-refractivity contribution in [1.82, 2.24) is 14.9 Å². The number of benzene rings is 2. The van der Waals surface area contributed by atoms with Gasteiger partial charge in [0.15, 0.2) is 0 Å². The van der Waals surface area contributed by atoms with Crippen LogP contribution in [0.1, 0.15) is 24.0 Å². The van der Waals surface area contributed by atoms with Gasteiger partial charge < -0.3 is 9.80 Å². The molecule has 0 atom stereocenters. The summed E-state index contributed by atoms with van der Waals surface area (Å²) in [6, 6.07) is 13.2. The predicted octanol–water partition coefficient (Wildman–Crippen LogP) is 4.39. The van der Waals surface area contributed by atoms with Crippen LogP contribution in [0.4, 0.5) is 5.82 Å². The van der Waals surface area contributed by atoms with Crippen molar-refractivity contribution in [1.29, 1.82) is 0 Å². The quantitative estimate of drug-likeness (QED) is 0.583. The Kier molecular flexibility index (Phi) is 5.18. The van der Waals surface area contributed by atoms with E-state index in [0.717, 1.165) is 42.1 Å². The predicted molar refractivity (Wildman–Crippen MR) is 125 cm³/mol. The second kappa shape index (κ2) is 8.14. The van der Waals surface area contributed by atoms with Crippen molar-refractivity contribution in [3.63, 3.8) is 0 Å². The summed E-state index contributed by atoms with van der Waals surface area (Å²) < 4.78 is 0. The maximum atomic E-state index is 11.9. The third-order valence-corrected chi connectivity index (χ3v) is 6.54. The van der Waals surface area contributed by atoms with Gasteiger partial charge in [-0.1, -0.05) is 30.8 Å². The van der Waals surface area contributed by atoms with Crippen molar-refractivity contribution in [3.05, 3.63) is 66.5 Å². The van der Waals surface area contributed by atoms with Crippen LogP contribution in [-0.2, 0) is 11.2 Å². The number of carbonyl (C=O) groups excluding carboxylic acids is 1. The Labute approximate surface area is 183 Å². The van der Waals surface area contributed by atoms with Gasteiger partial charge >= 0.3 is 0 Å². The Morgan fingerprint density at radius 1 is 1.10 bits per heavy atom. The van der Waals surface area contributed by atoms with Gasteiger partial charge in [-0.15, -0.1) is 0 Å². The maximum absolute atomic E-state index is 11.9. The van der Waals surface area contributed by atoms with E-state index >= 15 is 0 Å². The first-order chi connectivity index (χ1) is 15.1. The fourth-order valence-electron chi connectivity index (χ4n) is 4.60. The first kappa shape index (κ1) is 19.7. The molecule has 2 fully saturated rings. The molecule has 5 nitrogen and oxygen atoms in total. The van der Waals surface area contributed by atoms with E-state index in [2.05, 4.69) is 64.8 Å². The van der Waals surface area contributed by atoms with Crippen molar-refractivity contribution in [2.24, 2.45) is 5.92 Å². The number of rotatable bonds is 5. The number of aromatic nitrogens is 2. The Hall–Kier alpha value is -3.21. The van der Waals surface area contributed by atoms with E-state index < -0.39 is 0 Å². The molecule has 1 saturated heterocycles. The van der Waals surface area contributed by atoms with E-state index in [1.807, 2.05) is 4.90 Å². The fourth-order valence-corrected chi connectivity index (χ4v) is 4.60. The molecule has 1 saturated carbocycles. The van der Waals surface area contributed by atoms with E-state index in [1.54, 1.807) is 6.33 Å². The average molecular weight is 413 g/mol. The molecule has 5 heteroatoms. The van der Waals surface area contributed by atoms with E-state index in [4.69, 9.17) is 0 Å². The topological polar surface area (TPSA) is 49.3 Å². The molecule has 2 heterocycles. The molecule has 5 rings (SSSR count). The van der Waals surface area contributed by atoms with E-state index in [0.29, 0.717) is 13.1 Å². The second-order valence-electron chi connectivity index (χ2n) is 8.70. The number of piperazine rings is 1. The number of nitrogens with zero attached hydrogens (tertiary/aromatic N) is 4. The van der Waals surface area contributed by atoms with Gasteiger partial charge in [-0.25, -0.2) is 9.97 Å². The minimum atomic E-state index is -0.00227. The molecule has 158 valence electrons. The van der Waals surface area contributed by atoms with Gasteiger partial charge in [0.05, 0.1) is 5.52 Å². The summed E-state index contributed by atoms with van der Waals surface area (Å²) in [5, 5.41) is 1.08. The van der Waals surface area contributed by atoms with Crippen LogP contribution in [0.2, 0.25) is 0 Å². The molecule has 31 heavy (non-hydrogen) atoms. The summed E-state index contributed by atoms with van der Waals surface area (Å²) in [6.07, 6.45) is 6.92. The summed E-state index contributed by atoms with van der Waals surface area (Å²) in [5.74, 6) is 1.80. The van der Waals surface area contributed by atoms with E-state index in [1.165, 1.54) is 41.2 Å². The van der Waals surface area contributed by atoms with Gasteiger partial charge in [0.1, 0.15) is 12.1 Å². The minimum Gasteiger partial charge on any atom is -0.352 e. The molecule has 2 aromatic carbocycles. The normalized spacial score (nSPS) is 16.5. The largest absolute Gasteiger partial charge is 0.352 e. The molecule has 1 aliphatic carbocycles. The minimum absolute atomic E-state index is 0.00227. The number of hydrogen-bond acceptors (Lipinski definition) is 4. The SMILES string of the molecule is C=CC(=O)N1CCN(c2ncnc3cc(-c4ccccc4CC4CC4)c(C)cc23)CC1. The number of carbonyl (C=O) groups is 1. The lowest BCUT2D eigenvalue weighted by Crippen LogP contribution is -2.48. The summed E-state index contributed by atoms with van der Waals surface area (Å²) in [7, 11) is 0. The molecule has 0 radical (unpaired) electrons. The molecule has 0 unspecified atom stereocenters. The molecule has 3 aromatic rings. The molecule has 1 amide bonds. The van der Waals surface area contributed by atoms with Crippen LogP contribution in [0.25, 0.3) is 22.0 Å². The lowest BCUT2D eigenvalue weighted by Gasteiger charge is -2.35. The highest BCUT2D eigenvalue weighted by Gasteiger charge is 2.24. The Morgan fingerprint density at radius 2 is 1.87 bits per heavy atom. The zero-order chi connectivity index (χ0) is 21.4. The number of anilines is 1. The standard InChI is InChI=1S/C26H28N4O/c1-3-25(31)29-10-12-30(13-11-29)26-23-14-18(2)22(16-24(23)27-17-28-26)21-7-5-4-6-20(21)15-19-8-9-19/h3-7,14,16-17,19H,1,8-13,15H2,2H3. The van der Waals surface area contributed by atoms with Crippen LogP contribution >= 0.6 is 0 Å². The number of fused-ring (bicyclic) bond motifs is 1. The third kappa shape index (κ3) is 3.92. The van der Waals surface area contributed by atoms with Gasteiger partial charge in [0.25, 0.3) is 0 Å². The fraction of sp³-hybridized carbons (Fsp3) is 0.346. The molecule has 0 spiro atoms. The lowest BCUT2D eigenvalue weighted by molar-refractivity contribution is -0.126. The summed E-state index contributed by atoms with van der Waals surface area (Å²) >= 11 is 0. The number of aryl methyl sites for hydroxylation is 1. The Bertz CT molecular complexity index is 1140. The monoisotopic (exact) mass is 412 g/mol. The molecule has 2 aliphatic rings. The molecule has 0 bridgehead atoms. The van der Waals surface area contributed by atoms with Crippen molar-refractivity contribution < 1.29 is 4.79 Å². The highest BCUT2D eigenvalue weighted by atomic mass is 16.2. The first-order valence-corrected chi connectivity index (χ1v) is 11.1. The van der Waals surface area contributed by atoms with Gasteiger partial charge in [-0.2, -0.15) is 0 Å². The first-order valence-electron chi connectivity index (χ1n) is 11.1. The van der Waals surface area contributed by atoms with Crippen LogP contribution in [0.3, 0.4) is 0 Å².